The summed E-state index contributed by atoms with van der Waals surface area (Å²) in [6, 6.07) is 9.76. The lowest BCUT2D eigenvalue weighted by Gasteiger charge is -2.48. The molecule has 3 heterocycles. The van der Waals surface area contributed by atoms with E-state index >= 15 is 0 Å². The third kappa shape index (κ3) is 3.73. The third-order valence-electron chi connectivity index (χ3n) is 7.01. The molecule has 0 saturated carbocycles. The number of piperidine rings is 2. The molecule has 32 heavy (non-hydrogen) atoms. The van der Waals surface area contributed by atoms with Crippen LogP contribution in [-0.4, -0.2) is 48.9 Å². The van der Waals surface area contributed by atoms with Crippen LogP contribution in [0, 0.1) is 0 Å². The van der Waals surface area contributed by atoms with E-state index in [-0.39, 0.29) is 23.9 Å². The van der Waals surface area contributed by atoms with E-state index in [0.717, 1.165) is 42.5 Å². The molecule has 0 unspecified atom stereocenters. The first-order valence-electron chi connectivity index (χ1n) is 11.3. The zero-order valence-electron chi connectivity index (χ0n) is 18.5. The van der Waals surface area contributed by atoms with E-state index in [1.165, 1.54) is 12.5 Å². The summed E-state index contributed by atoms with van der Waals surface area (Å²) in [6.07, 6.45) is 8.08. The summed E-state index contributed by atoms with van der Waals surface area (Å²) in [7, 11) is 3.26. The molecule has 6 nitrogen and oxygen atoms in total. The van der Waals surface area contributed by atoms with Crippen molar-refractivity contribution >= 4 is 12.0 Å². The van der Waals surface area contributed by atoms with Crippen LogP contribution in [-0.2, 0) is 9.53 Å². The molecule has 3 atom stereocenters. The molecule has 2 saturated heterocycles. The van der Waals surface area contributed by atoms with Gasteiger partial charge in [0.15, 0.2) is 11.5 Å². The topological polar surface area (TPSA) is 68.2 Å². The fraction of sp³-hybridized carbons (Fsp3) is 0.423. The van der Waals surface area contributed by atoms with Gasteiger partial charge in [0.05, 0.1) is 14.2 Å². The molecule has 2 aromatic rings. The molecule has 0 spiro atoms. The molecule has 0 aromatic heterocycles. The average molecular weight is 436 g/mol. The minimum atomic E-state index is -0.319. The van der Waals surface area contributed by atoms with Gasteiger partial charge in [0.25, 0.3) is 0 Å². The summed E-state index contributed by atoms with van der Waals surface area (Å²) in [6.45, 7) is 1.01. The maximum atomic E-state index is 12.5. The van der Waals surface area contributed by atoms with E-state index in [9.17, 15) is 9.90 Å². The number of fused-ring (bicyclic) bond motifs is 9. The van der Waals surface area contributed by atoms with Crippen LogP contribution in [0.25, 0.3) is 17.2 Å². The number of carbonyl (C=O) groups excluding carboxylic acids is 1. The summed E-state index contributed by atoms with van der Waals surface area (Å²) >= 11 is 0. The Morgan fingerprint density at radius 2 is 1.81 bits per heavy atom. The fourth-order valence-electron chi connectivity index (χ4n) is 5.52. The van der Waals surface area contributed by atoms with Gasteiger partial charge in [-0.2, -0.15) is 0 Å². The van der Waals surface area contributed by atoms with Crippen molar-refractivity contribution in [3.05, 3.63) is 47.5 Å². The highest BCUT2D eigenvalue weighted by atomic mass is 16.5. The van der Waals surface area contributed by atoms with Gasteiger partial charge in [0.1, 0.15) is 11.9 Å². The van der Waals surface area contributed by atoms with Gasteiger partial charge >= 0.3 is 5.97 Å². The van der Waals surface area contributed by atoms with Crippen LogP contribution in [0.15, 0.2) is 36.4 Å². The van der Waals surface area contributed by atoms with Crippen LogP contribution in [0.3, 0.4) is 0 Å². The molecule has 168 valence electrons. The highest BCUT2D eigenvalue weighted by Gasteiger charge is 2.40. The molecule has 0 aliphatic carbocycles. The van der Waals surface area contributed by atoms with Crippen LogP contribution >= 0.6 is 0 Å². The predicted octanol–water partition coefficient (Wildman–Crippen LogP) is 4.70. The Hall–Kier alpha value is -2.99. The van der Waals surface area contributed by atoms with E-state index in [0.29, 0.717) is 29.5 Å². The Labute approximate surface area is 188 Å². The number of hydrogen-bond acceptors (Lipinski definition) is 6. The van der Waals surface area contributed by atoms with Crippen molar-refractivity contribution in [1.82, 2.24) is 4.90 Å². The standard InChI is InChI=1S/C26H29NO5/c1-30-24-14-19-20(15-25(24)31-2)22-13-18(12-17-5-3-4-10-27(17)22)32-26(29)9-7-16-6-8-23(28)21(19)11-16/h6-9,11,14-15,17-18,22,28H,3-5,10,12-13H2,1-2H3/b9-7-/t17-,18+,22+/m0/s1. The van der Waals surface area contributed by atoms with Gasteiger partial charge in [-0.3, -0.25) is 4.90 Å². The van der Waals surface area contributed by atoms with E-state index in [4.69, 9.17) is 14.2 Å². The van der Waals surface area contributed by atoms with Crippen molar-refractivity contribution in [2.45, 2.75) is 50.3 Å². The first-order valence-corrected chi connectivity index (χ1v) is 11.3. The van der Waals surface area contributed by atoms with E-state index in [1.807, 2.05) is 18.2 Å². The monoisotopic (exact) mass is 435 g/mol. The number of aromatic hydroxyl groups is 1. The number of ether oxygens (including phenoxy) is 3. The van der Waals surface area contributed by atoms with Gasteiger partial charge in [-0.05, 0) is 66.4 Å². The summed E-state index contributed by atoms with van der Waals surface area (Å²) in [5.74, 6) is 1.15. The molecule has 3 aliphatic rings. The number of hydrogen-bond donors (Lipinski definition) is 1. The van der Waals surface area contributed by atoms with Crippen LogP contribution in [0.1, 0.15) is 49.3 Å². The molecule has 0 radical (unpaired) electrons. The van der Waals surface area contributed by atoms with Gasteiger partial charge in [-0.15, -0.1) is 0 Å². The third-order valence-corrected chi connectivity index (χ3v) is 7.01. The maximum Gasteiger partial charge on any atom is 0.331 e. The van der Waals surface area contributed by atoms with Crippen molar-refractivity contribution in [2.24, 2.45) is 0 Å². The van der Waals surface area contributed by atoms with Crippen molar-refractivity contribution in [3.63, 3.8) is 0 Å². The summed E-state index contributed by atoms with van der Waals surface area (Å²) in [4.78, 5) is 15.1. The molecule has 2 aromatic carbocycles. The van der Waals surface area contributed by atoms with Crippen molar-refractivity contribution in [3.8, 4) is 28.4 Å². The second kappa shape index (κ2) is 8.51. The van der Waals surface area contributed by atoms with Crippen LogP contribution < -0.4 is 9.47 Å². The van der Waals surface area contributed by atoms with Crippen molar-refractivity contribution in [2.75, 3.05) is 20.8 Å². The smallest absolute Gasteiger partial charge is 0.331 e. The lowest BCUT2D eigenvalue weighted by Crippen LogP contribution is -2.49. The summed E-state index contributed by atoms with van der Waals surface area (Å²) in [5, 5.41) is 10.8. The quantitative estimate of drug-likeness (QED) is 0.690. The number of methoxy groups -OCH3 is 2. The predicted molar refractivity (Wildman–Crippen MR) is 122 cm³/mol. The van der Waals surface area contributed by atoms with Gasteiger partial charge in [0, 0.05) is 36.6 Å². The van der Waals surface area contributed by atoms with Crippen LogP contribution in [0.2, 0.25) is 0 Å². The maximum absolute atomic E-state index is 12.5. The molecule has 1 N–H and O–H groups in total. The first-order chi connectivity index (χ1) is 15.6. The number of phenols is 1. The fourth-order valence-corrected chi connectivity index (χ4v) is 5.52. The molecule has 5 rings (SSSR count). The number of esters is 1. The zero-order chi connectivity index (χ0) is 22.2. The van der Waals surface area contributed by atoms with Crippen molar-refractivity contribution < 1.29 is 24.1 Å². The average Bonchev–Trinajstić information content (AvgIpc) is 2.81. The number of nitrogens with zero attached hydrogens (tertiary/aromatic N) is 1. The minimum absolute atomic E-state index is 0.0492. The molecule has 4 bridgehead atoms. The van der Waals surface area contributed by atoms with E-state index < -0.39 is 0 Å². The molecule has 0 amide bonds. The van der Waals surface area contributed by atoms with Gasteiger partial charge in [-0.1, -0.05) is 12.5 Å². The lowest BCUT2D eigenvalue weighted by molar-refractivity contribution is -0.148. The Balaban J connectivity index is 1.76. The Kier molecular flexibility index (Phi) is 5.55. The lowest BCUT2D eigenvalue weighted by atomic mass is 9.81. The molecule has 6 heteroatoms. The SMILES string of the molecule is COc1cc2c(cc1OC)[C@H]1C[C@@H](C[C@@H]3CCCCN31)OC(=O)/C=C\c1ccc(O)c-2c1. The first kappa shape index (κ1) is 20.9. The zero-order valence-corrected chi connectivity index (χ0v) is 18.5. The van der Waals surface area contributed by atoms with Gasteiger partial charge < -0.3 is 19.3 Å². The molecule has 2 fully saturated rings. The number of benzene rings is 2. The number of carbonyl (C=O) groups is 1. The second-order valence-electron chi connectivity index (χ2n) is 8.84. The molecular formula is C26H29NO5. The Morgan fingerprint density at radius 1 is 1.00 bits per heavy atom. The normalized spacial score (nSPS) is 25.9. The van der Waals surface area contributed by atoms with Crippen LogP contribution in [0.4, 0.5) is 0 Å². The van der Waals surface area contributed by atoms with Gasteiger partial charge in [-0.25, -0.2) is 4.79 Å². The number of rotatable bonds is 2. The Morgan fingerprint density at radius 3 is 2.62 bits per heavy atom. The van der Waals surface area contributed by atoms with E-state index in [2.05, 4.69) is 4.90 Å². The molecular weight excluding hydrogens is 406 g/mol. The van der Waals surface area contributed by atoms with E-state index in [1.54, 1.807) is 32.4 Å². The Bertz CT molecular complexity index is 1060. The molecule has 3 aliphatic heterocycles. The van der Waals surface area contributed by atoms with Crippen molar-refractivity contribution in [1.29, 1.82) is 0 Å². The highest BCUT2D eigenvalue weighted by Crippen LogP contribution is 2.47. The number of phenolic OH excluding ortho intramolecular Hbond substituents is 1. The largest absolute Gasteiger partial charge is 0.507 e. The minimum Gasteiger partial charge on any atom is -0.507 e. The summed E-state index contributed by atoms with van der Waals surface area (Å²) < 4.78 is 17.2. The second-order valence-corrected chi connectivity index (χ2v) is 8.84. The summed E-state index contributed by atoms with van der Waals surface area (Å²) in [5.41, 5.74) is 3.51. The van der Waals surface area contributed by atoms with Gasteiger partial charge in [0.2, 0.25) is 0 Å². The highest BCUT2D eigenvalue weighted by molar-refractivity contribution is 5.88. The van der Waals surface area contributed by atoms with Crippen LogP contribution in [0.5, 0.6) is 17.2 Å².